The first-order chi connectivity index (χ1) is 14.6. The van der Waals surface area contributed by atoms with E-state index >= 15 is 0 Å². The first-order valence-electron chi connectivity index (χ1n) is 10.3. The average Bonchev–Trinajstić information content (AvgIpc) is 2.76. The number of hydrogen-bond acceptors (Lipinski definition) is 4. The lowest BCUT2D eigenvalue weighted by Crippen LogP contribution is -2.08. The zero-order chi connectivity index (χ0) is 21.5. The maximum Gasteiger partial charge on any atom is 0.0994 e. The average molecular weight is 397 g/mol. The van der Waals surface area contributed by atoms with Crippen molar-refractivity contribution < 1.29 is 0 Å². The van der Waals surface area contributed by atoms with E-state index in [1.807, 2.05) is 36.5 Å². The van der Waals surface area contributed by atoms with Crippen LogP contribution in [0.5, 0.6) is 0 Å². The largest absolute Gasteiger partial charge is 0.326 e. The Kier molecular flexibility index (Phi) is 7.11. The third kappa shape index (κ3) is 4.82. The van der Waals surface area contributed by atoms with Gasteiger partial charge in [-0.2, -0.15) is 5.26 Å². The molecule has 0 aliphatic carbocycles. The highest BCUT2D eigenvalue weighted by atomic mass is 14.8. The molecule has 0 aromatic heterocycles. The molecule has 0 aliphatic heterocycles. The molecule has 0 amide bonds. The molecule has 0 spiro atoms. The van der Waals surface area contributed by atoms with Gasteiger partial charge in [-0.05, 0) is 45.9 Å². The molecule has 3 rings (SSSR count). The second-order valence-electron chi connectivity index (χ2n) is 7.79. The van der Waals surface area contributed by atoms with E-state index in [-0.39, 0.29) is 0 Å². The van der Waals surface area contributed by atoms with Crippen molar-refractivity contribution in [2.75, 3.05) is 13.6 Å². The first-order valence-corrected chi connectivity index (χ1v) is 10.3. The summed E-state index contributed by atoms with van der Waals surface area (Å²) >= 11 is 0. The summed E-state index contributed by atoms with van der Waals surface area (Å²) in [5.41, 5.74) is 11.7. The van der Waals surface area contributed by atoms with E-state index < -0.39 is 0 Å². The zero-order valence-corrected chi connectivity index (χ0v) is 17.9. The Morgan fingerprint density at radius 1 is 1.07 bits per heavy atom. The minimum absolute atomic E-state index is 0.456. The summed E-state index contributed by atoms with van der Waals surface area (Å²) < 4.78 is 0. The van der Waals surface area contributed by atoms with Gasteiger partial charge in [-0.25, -0.2) is 0 Å². The Morgan fingerprint density at radius 3 is 2.47 bits per heavy atom. The van der Waals surface area contributed by atoms with E-state index in [2.05, 4.69) is 54.2 Å². The minimum Gasteiger partial charge on any atom is -0.326 e. The maximum atomic E-state index is 9.55. The number of hydrogen-bond donors (Lipinski definition) is 1. The lowest BCUT2D eigenvalue weighted by Gasteiger charge is -2.10. The van der Waals surface area contributed by atoms with Crippen molar-refractivity contribution in [3.8, 4) is 6.07 Å². The molecule has 0 radical (unpaired) electrons. The number of fused-ring (bicyclic) bond motifs is 1. The standard InChI is InChI=1S/C26H28N4/c1-18(2)12-19-8-9-20(13-23(19)15-28)26(29-3)17-30-16-22-11-10-21(14-27)24-6-4-5-7-25(22)24/h4-11,13,16,18H,12,14,17,27H2,1-3H3. The van der Waals surface area contributed by atoms with E-state index in [9.17, 15) is 5.26 Å². The predicted molar refractivity (Wildman–Crippen MR) is 126 cm³/mol. The molecular formula is C26H28N4. The van der Waals surface area contributed by atoms with E-state index in [1.54, 1.807) is 7.05 Å². The van der Waals surface area contributed by atoms with Crippen LogP contribution in [0.2, 0.25) is 0 Å². The van der Waals surface area contributed by atoms with Crippen molar-refractivity contribution in [1.82, 2.24) is 0 Å². The van der Waals surface area contributed by atoms with Crippen molar-refractivity contribution in [2.24, 2.45) is 21.6 Å². The quantitative estimate of drug-likeness (QED) is 0.576. The molecule has 3 aromatic rings. The van der Waals surface area contributed by atoms with Crippen molar-refractivity contribution in [2.45, 2.75) is 26.8 Å². The molecule has 4 heteroatoms. The Balaban J connectivity index is 1.84. The second kappa shape index (κ2) is 9.96. The Hall–Kier alpha value is -3.29. The highest BCUT2D eigenvalue weighted by molar-refractivity contribution is 6.05. The lowest BCUT2D eigenvalue weighted by atomic mass is 9.95. The number of nitrogens with two attached hydrogens (primary N) is 1. The summed E-state index contributed by atoms with van der Waals surface area (Å²) in [7, 11) is 1.77. The number of benzene rings is 3. The SMILES string of the molecule is CN=C(CN=Cc1ccc(CN)c2ccccc12)c1ccc(CC(C)C)c(C#N)c1. The van der Waals surface area contributed by atoms with E-state index in [1.165, 1.54) is 0 Å². The monoisotopic (exact) mass is 396 g/mol. The summed E-state index contributed by atoms with van der Waals surface area (Å²) in [6, 6.07) is 20.7. The Bertz CT molecular complexity index is 1130. The van der Waals surface area contributed by atoms with Gasteiger partial charge in [0.2, 0.25) is 0 Å². The summed E-state index contributed by atoms with van der Waals surface area (Å²) in [5, 5.41) is 11.9. The molecule has 2 N–H and O–H groups in total. The molecular weight excluding hydrogens is 368 g/mol. The molecule has 0 bridgehead atoms. The molecule has 0 saturated carbocycles. The van der Waals surface area contributed by atoms with Crippen molar-refractivity contribution in [3.05, 3.63) is 82.4 Å². The van der Waals surface area contributed by atoms with Gasteiger partial charge in [-0.1, -0.05) is 62.4 Å². The fourth-order valence-corrected chi connectivity index (χ4v) is 3.67. The summed E-state index contributed by atoms with van der Waals surface area (Å²) in [6.45, 7) is 5.29. The van der Waals surface area contributed by atoms with Crippen molar-refractivity contribution in [3.63, 3.8) is 0 Å². The Morgan fingerprint density at radius 2 is 1.80 bits per heavy atom. The van der Waals surface area contributed by atoms with Gasteiger partial charge in [-0.15, -0.1) is 0 Å². The fraction of sp³-hybridized carbons (Fsp3) is 0.269. The normalized spacial score (nSPS) is 12.1. The minimum atomic E-state index is 0.456. The maximum absolute atomic E-state index is 9.55. The van der Waals surface area contributed by atoms with Crippen LogP contribution in [0.15, 0.2) is 64.6 Å². The van der Waals surface area contributed by atoms with Gasteiger partial charge in [-0.3, -0.25) is 9.98 Å². The molecule has 0 unspecified atom stereocenters. The van der Waals surface area contributed by atoms with Crippen LogP contribution in [0.25, 0.3) is 10.8 Å². The molecule has 0 saturated heterocycles. The van der Waals surface area contributed by atoms with Crippen LogP contribution in [0, 0.1) is 17.2 Å². The highest BCUT2D eigenvalue weighted by Gasteiger charge is 2.09. The van der Waals surface area contributed by atoms with E-state index in [0.29, 0.717) is 19.0 Å². The zero-order valence-electron chi connectivity index (χ0n) is 17.9. The van der Waals surface area contributed by atoms with Gasteiger partial charge in [0.15, 0.2) is 0 Å². The van der Waals surface area contributed by atoms with Crippen LogP contribution in [-0.4, -0.2) is 25.5 Å². The van der Waals surface area contributed by atoms with Crippen molar-refractivity contribution in [1.29, 1.82) is 5.26 Å². The second-order valence-corrected chi connectivity index (χ2v) is 7.79. The number of nitriles is 1. The van der Waals surface area contributed by atoms with Gasteiger partial charge in [0, 0.05) is 25.4 Å². The van der Waals surface area contributed by atoms with Gasteiger partial charge in [0.05, 0.1) is 23.9 Å². The van der Waals surface area contributed by atoms with Gasteiger partial charge >= 0.3 is 0 Å². The number of nitrogens with zero attached hydrogens (tertiary/aromatic N) is 3. The van der Waals surface area contributed by atoms with Crippen LogP contribution in [-0.2, 0) is 13.0 Å². The lowest BCUT2D eigenvalue weighted by molar-refractivity contribution is 0.646. The highest BCUT2D eigenvalue weighted by Crippen LogP contribution is 2.22. The van der Waals surface area contributed by atoms with E-state index in [0.717, 1.165) is 50.7 Å². The smallest absolute Gasteiger partial charge is 0.0994 e. The summed E-state index contributed by atoms with van der Waals surface area (Å²) in [4.78, 5) is 9.07. The van der Waals surface area contributed by atoms with Gasteiger partial charge in [0.1, 0.15) is 0 Å². The van der Waals surface area contributed by atoms with Gasteiger partial charge < -0.3 is 5.73 Å². The third-order valence-corrected chi connectivity index (χ3v) is 5.20. The molecule has 152 valence electrons. The number of rotatable bonds is 7. The van der Waals surface area contributed by atoms with E-state index in [4.69, 9.17) is 5.73 Å². The van der Waals surface area contributed by atoms with Crippen LogP contribution in [0.3, 0.4) is 0 Å². The van der Waals surface area contributed by atoms with Gasteiger partial charge in [0.25, 0.3) is 0 Å². The first kappa shape index (κ1) is 21.4. The topological polar surface area (TPSA) is 74.5 Å². The molecule has 0 heterocycles. The van der Waals surface area contributed by atoms with Crippen LogP contribution in [0.1, 0.15) is 41.7 Å². The molecule has 30 heavy (non-hydrogen) atoms. The molecule has 4 nitrogen and oxygen atoms in total. The molecule has 0 aliphatic rings. The van der Waals surface area contributed by atoms with Crippen molar-refractivity contribution >= 4 is 22.7 Å². The number of aliphatic imine (C=N–C) groups is 2. The van der Waals surface area contributed by atoms with Crippen LogP contribution >= 0.6 is 0 Å². The summed E-state index contributed by atoms with van der Waals surface area (Å²) in [6.07, 6.45) is 2.79. The predicted octanol–water partition coefficient (Wildman–Crippen LogP) is 4.91. The van der Waals surface area contributed by atoms with Crippen LogP contribution in [0.4, 0.5) is 0 Å². The third-order valence-electron chi connectivity index (χ3n) is 5.20. The fourth-order valence-electron chi connectivity index (χ4n) is 3.67. The molecule has 0 atom stereocenters. The molecule has 0 fully saturated rings. The Labute approximate surface area is 178 Å². The molecule has 3 aromatic carbocycles. The van der Waals surface area contributed by atoms with Crippen LogP contribution < -0.4 is 5.73 Å². The summed E-state index contributed by atoms with van der Waals surface area (Å²) in [5.74, 6) is 0.507.